The third kappa shape index (κ3) is 4.44. The Hall–Kier alpha value is -3.26. The van der Waals surface area contributed by atoms with Crippen LogP contribution in [0.1, 0.15) is 58.3 Å². The van der Waals surface area contributed by atoms with Crippen LogP contribution in [0.5, 0.6) is 0 Å². The first-order valence-corrected chi connectivity index (χ1v) is 10.5. The minimum atomic E-state index is -0.549. The van der Waals surface area contributed by atoms with Gasteiger partial charge in [-0.1, -0.05) is 6.07 Å². The molecule has 8 heteroatoms. The Balaban J connectivity index is 1.65. The van der Waals surface area contributed by atoms with Crippen molar-refractivity contribution in [2.45, 2.75) is 38.6 Å². The highest BCUT2D eigenvalue weighted by Crippen LogP contribution is 2.33. The second kappa shape index (κ2) is 8.85. The van der Waals surface area contributed by atoms with Gasteiger partial charge in [0, 0.05) is 23.9 Å². The zero-order valence-corrected chi connectivity index (χ0v) is 17.7. The van der Waals surface area contributed by atoms with Gasteiger partial charge in [-0.25, -0.2) is 9.78 Å². The molecule has 0 saturated heterocycles. The van der Waals surface area contributed by atoms with Crippen LogP contribution in [-0.4, -0.2) is 45.5 Å². The average Bonchev–Trinajstić information content (AvgIpc) is 3.21. The number of benzene rings is 1. The van der Waals surface area contributed by atoms with Crippen LogP contribution in [0, 0.1) is 12.8 Å². The summed E-state index contributed by atoms with van der Waals surface area (Å²) in [7, 11) is 1.30. The summed E-state index contributed by atoms with van der Waals surface area (Å²) in [5.74, 6) is -0.584. The number of esters is 1. The lowest BCUT2D eigenvalue weighted by atomic mass is 9.87. The van der Waals surface area contributed by atoms with Crippen LogP contribution in [0.15, 0.2) is 36.5 Å². The number of aliphatic hydroxyl groups is 1. The van der Waals surface area contributed by atoms with Crippen molar-refractivity contribution in [1.82, 2.24) is 14.8 Å². The number of aryl methyl sites for hydroxylation is 1. The maximum absolute atomic E-state index is 12.7. The van der Waals surface area contributed by atoms with Gasteiger partial charge in [0.25, 0.3) is 5.91 Å². The molecule has 0 atom stereocenters. The Bertz CT molecular complexity index is 1120. The number of nitrogens with zero attached hydrogens (tertiary/aromatic N) is 3. The number of methoxy groups -OCH3 is 1. The summed E-state index contributed by atoms with van der Waals surface area (Å²) in [6.07, 6.45) is 5.78. The van der Waals surface area contributed by atoms with Crippen LogP contribution in [0.3, 0.4) is 0 Å². The summed E-state index contributed by atoms with van der Waals surface area (Å²) in [5, 5.41) is 17.7. The lowest BCUT2D eigenvalue weighted by molar-refractivity contribution is 0.0602. The predicted octanol–water partition coefficient (Wildman–Crippen LogP) is 3.50. The molecule has 1 amide bonds. The standard InChI is InChI=1S/C23H26N4O4/c1-14-4-3-5-19(24-14)22(29)25-21-10-16-12-27(17-8-6-15(13-28)7-9-17)26-20(16)11-18(21)23(30)31-2/h3-5,10-12,15,17,28H,6-9,13H2,1-2H3,(H,25,29). The molecule has 8 nitrogen and oxygen atoms in total. The SMILES string of the molecule is COC(=O)c1cc2nn(C3CCC(CO)CC3)cc2cc1NC(=O)c1cccc(C)n1. The second-order valence-electron chi connectivity index (χ2n) is 8.03. The molecule has 0 radical (unpaired) electrons. The van der Waals surface area contributed by atoms with Crippen molar-refractivity contribution in [2.24, 2.45) is 5.92 Å². The average molecular weight is 422 g/mol. The topological polar surface area (TPSA) is 106 Å². The van der Waals surface area contributed by atoms with Gasteiger partial charge in [-0.2, -0.15) is 5.10 Å². The van der Waals surface area contributed by atoms with Crippen molar-refractivity contribution in [3.63, 3.8) is 0 Å². The monoisotopic (exact) mass is 422 g/mol. The van der Waals surface area contributed by atoms with Gasteiger partial charge >= 0.3 is 5.97 Å². The Morgan fingerprint density at radius 1 is 1.23 bits per heavy atom. The van der Waals surface area contributed by atoms with Gasteiger partial charge in [-0.05, 0) is 62.8 Å². The number of anilines is 1. The predicted molar refractivity (Wildman–Crippen MR) is 116 cm³/mol. The summed E-state index contributed by atoms with van der Waals surface area (Å²) in [4.78, 5) is 29.3. The number of aromatic nitrogens is 3. The first kappa shape index (κ1) is 21.0. The summed E-state index contributed by atoms with van der Waals surface area (Å²) in [5.41, 5.74) is 2.26. The number of rotatable bonds is 5. The lowest BCUT2D eigenvalue weighted by Crippen LogP contribution is -2.20. The summed E-state index contributed by atoms with van der Waals surface area (Å²) in [6, 6.07) is 8.85. The van der Waals surface area contributed by atoms with Crippen LogP contribution < -0.4 is 5.32 Å². The van der Waals surface area contributed by atoms with E-state index in [9.17, 15) is 14.7 Å². The van der Waals surface area contributed by atoms with E-state index in [-0.39, 0.29) is 23.9 Å². The number of fused-ring (bicyclic) bond motifs is 1. The van der Waals surface area contributed by atoms with Crippen LogP contribution in [0.25, 0.3) is 10.9 Å². The van der Waals surface area contributed by atoms with Gasteiger partial charge in [-0.3, -0.25) is 9.48 Å². The summed E-state index contributed by atoms with van der Waals surface area (Å²) < 4.78 is 6.85. The molecule has 1 aliphatic carbocycles. The number of amides is 1. The highest BCUT2D eigenvalue weighted by atomic mass is 16.5. The van der Waals surface area contributed by atoms with Crippen molar-refractivity contribution in [1.29, 1.82) is 0 Å². The van der Waals surface area contributed by atoms with Crippen LogP contribution >= 0.6 is 0 Å². The zero-order chi connectivity index (χ0) is 22.0. The maximum atomic E-state index is 12.7. The minimum Gasteiger partial charge on any atom is -0.465 e. The van der Waals surface area contributed by atoms with Gasteiger partial charge in [0.1, 0.15) is 5.69 Å². The fraction of sp³-hybridized carbons (Fsp3) is 0.391. The number of ether oxygens (including phenoxy) is 1. The number of hydrogen-bond donors (Lipinski definition) is 2. The molecule has 2 N–H and O–H groups in total. The number of carbonyl (C=O) groups is 2. The van der Waals surface area contributed by atoms with E-state index in [1.54, 1.807) is 24.3 Å². The summed E-state index contributed by atoms with van der Waals surface area (Å²) >= 11 is 0. The highest BCUT2D eigenvalue weighted by Gasteiger charge is 2.24. The molecule has 0 aliphatic heterocycles. The third-order valence-electron chi connectivity index (χ3n) is 5.88. The number of pyridine rings is 1. The van der Waals surface area contributed by atoms with E-state index in [0.717, 1.165) is 36.8 Å². The Labute approximate surface area is 180 Å². The largest absolute Gasteiger partial charge is 0.465 e. The lowest BCUT2D eigenvalue weighted by Gasteiger charge is -2.27. The van der Waals surface area contributed by atoms with Gasteiger partial charge in [-0.15, -0.1) is 0 Å². The molecule has 1 aliphatic rings. The normalized spacial score (nSPS) is 18.7. The molecule has 162 valence electrons. The third-order valence-corrected chi connectivity index (χ3v) is 5.88. The van der Waals surface area contributed by atoms with Gasteiger partial charge in [0.05, 0.1) is 29.9 Å². The van der Waals surface area contributed by atoms with Gasteiger partial charge in [0.15, 0.2) is 0 Å². The molecular weight excluding hydrogens is 396 g/mol. The fourth-order valence-corrected chi connectivity index (χ4v) is 4.11. The van der Waals surface area contributed by atoms with Crippen LogP contribution in [0.2, 0.25) is 0 Å². The van der Waals surface area contributed by atoms with Crippen molar-refractivity contribution >= 4 is 28.5 Å². The van der Waals surface area contributed by atoms with E-state index in [1.807, 2.05) is 23.9 Å². The number of nitrogens with one attached hydrogen (secondary N) is 1. The molecule has 0 unspecified atom stereocenters. The minimum absolute atomic E-state index is 0.231. The van der Waals surface area contributed by atoms with Gasteiger partial charge in [0.2, 0.25) is 0 Å². The first-order chi connectivity index (χ1) is 15.0. The Kier molecular flexibility index (Phi) is 5.99. The number of aliphatic hydroxyl groups excluding tert-OH is 1. The molecule has 31 heavy (non-hydrogen) atoms. The molecule has 0 spiro atoms. The van der Waals surface area contributed by atoms with Crippen molar-refractivity contribution in [2.75, 3.05) is 19.0 Å². The smallest absolute Gasteiger partial charge is 0.340 e. The molecule has 1 fully saturated rings. The first-order valence-electron chi connectivity index (χ1n) is 10.5. The van der Waals surface area contributed by atoms with Crippen LogP contribution in [0.4, 0.5) is 5.69 Å². The quantitative estimate of drug-likeness (QED) is 0.610. The highest BCUT2D eigenvalue weighted by molar-refractivity contribution is 6.09. The number of hydrogen-bond acceptors (Lipinski definition) is 6. The zero-order valence-electron chi connectivity index (χ0n) is 17.7. The maximum Gasteiger partial charge on any atom is 0.340 e. The summed E-state index contributed by atoms with van der Waals surface area (Å²) in [6.45, 7) is 2.04. The molecule has 2 aromatic heterocycles. The molecule has 4 rings (SSSR count). The fourth-order valence-electron chi connectivity index (χ4n) is 4.11. The van der Waals surface area contributed by atoms with E-state index in [4.69, 9.17) is 4.74 Å². The molecule has 3 aromatic rings. The van der Waals surface area contributed by atoms with E-state index < -0.39 is 11.9 Å². The molecular formula is C23H26N4O4. The van der Waals surface area contributed by atoms with Gasteiger partial charge < -0.3 is 15.2 Å². The van der Waals surface area contributed by atoms with Crippen molar-refractivity contribution in [3.05, 3.63) is 53.5 Å². The Morgan fingerprint density at radius 2 is 2.00 bits per heavy atom. The molecule has 0 bridgehead atoms. The second-order valence-corrected chi connectivity index (χ2v) is 8.03. The molecule has 1 saturated carbocycles. The van der Waals surface area contributed by atoms with E-state index in [2.05, 4.69) is 15.4 Å². The number of carbonyl (C=O) groups excluding carboxylic acids is 2. The van der Waals surface area contributed by atoms with E-state index in [1.165, 1.54) is 7.11 Å². The van der Waals surface area contributed by atoms with Crippen LogP contribution in [-0.2, 0) is 4.74 Å². The van der Waals surface area contributed by atoms with Crippen molar-refractivity contribution < 1.29 is 19.4 Å². The van der Waals surface area contributed by atoms with Crippen molar-refractivity contribution in [3.8, 4) is 0 Å². The molecule has 2 heterocycles. The Morgan fingerprint density at radius 3 is 2.68 bits per heavy atom. The van der Waals surface area contributed by atoms with E-state index in [0.29, 0.717) is 17.1 Å². The molecule has 1 aromatic carbocycles. The van der Waals surface area contributed by atoms with E-state index >= 15 is 0 Å².